The van der Waals surface area contributed by atoms with Gasteiger partial charge >= 0.3 is 0 Å². The van der Waals surface area contributed by atoms with Crippen molar-refractivity contribution in [3.63, 3.8) is 0 Å². The maximum absolute atomic E-state index is 13.7. The Morgan fingerprint density at radius 1 is 1.16 bits per heavy atom. The number of benzene rings is 1. The summed E-state index contributed by atoms with van der Waals surface area (Å²) in [5.74, 6) is 0.573. The number of hydrogen-bond acceptors (Lipinski definition) is 5. The Bertz CT molecular complexity index is 1200. The van der Waals surface area contributed by atoms with E-state index in [1.165, 1.54) is 5.56 Å². The van der Waals surface area contributed by atoms with Crippen LogP contribution in [0.2, 0.25) is 0 Å². The maximum Gasteiger partial charge on any atom is 0.254 e. The third kappa shape index (κ3) is 3.98. The highest BCUT2D eigenvalue weighted by Gasteiger charge is 2.30. The number of carbonyl (C=O) groups excluding carboxylic acids is 1. The van der Waals surface area contributed by atoms with Crippen LogP contribution in [0.25, 0.3) is 11.0 Å². The van der Waals surface area contributed by atoms with Crippen LogP contribution in [0.5, 0.6) is 0 Å². The van der Waals surface area contributed by atoms with Crippen molar-refractivity contribution in [2.45, 2.75) is 38.6 Å². The molecule has 7 nitrogen and oxygen atoms in total. The summed E-state index contributed by atoms with van der Waals surface area (Å²) >= 11 is 0. The molecule has 1 saturated carbocycles. The molecular formula is C25H28N6O. The van der Waals surface area contributed by atoms with Crippen LogP contribution in [-0.2, 0) is 13.6 Å². The van der Waals surface area contributed by atoms with E-state index in [9.17, 15) is 4.79 Å². The predicted octanol–water partition coefficient (Wildman–Crippen LogP) is 3.37. The fourth-order valence-corrected chi connectivity index (χ4v) is 4.67. The van der Waals surface area contributed by atoms with Crippen molar-refractivity contribution in [3.05, 3.63) is 58.4 Å². The Morgan fingerprint density at radius 3 is 2.66 bits per heavy atom. The third-order valence-corrected chi connectivity index (χ3v) is 6.58. The van der Waals surface area contributed by atoms with Gasteiger partial charge in [-0.15, -0.1) is 0 Å². The molecule has 3 aromatic rings. The highest BCUT2D eigenvalue weighted by atomic mass is 16.2. The molecule has 0 spiro atoms. The van der Waals surface area contributed by atoms with E-state index in [1.54, 1.807) is 4.68 Å². The summed E-state index contributed by atoms with van der Waals surface area (Å²) in [6.45, 7) is 6.04. The molecule has 0 radical (unpaired) electrons. The van der Waals surface area contributed by atoms with Gasteiger partial charge in [-0.1, -0.05) is 12.1 Å². The lowest BCUT2D eigenvalue weighted by molar-refractivity contribution is 0.0763. The molecule has 7 heteroatoms. The van der Waals surface area contributed by atoms with Gasteiger partial charge in [-0.05, 0) is 49.9 Å². The number of rotatable bonds is 4. The SMILES string of the molecule is Cc1nn(C)c2nc(C3CC3)cc(C(=O)N3CCCN(Cc4ccc(C#N)cc4)CC3)c12. The zero-order valence-corrected chi connectivity index (χ0v) is 18.7. The summed E-state index contributed by atoms with van der Waals surface area (Å²) in [5.41, 5.74) is 5.33. The number of pyridine rings is 1. The highest BCUT2D eigenvalue weighted by Crippen LogP contribution is 2.40. The molecule has 1 amide bonds. The maximum atomic E-state index is 13.7. The van der Waals surface area contributed by atoms with Gasteiger partial charge in [0, 0.05) is 51.4 Å². The molecule has 0 atom stereocenters. The molecule has 3 heterocycles. The topological polar surface area (TPSA) is 78.1 Å². The molecule has 1 aliphatic carbocycles. The first-order chi connectivity index (χ1) is 15.5. The first-order valence-electron chi connectivity index (χ1n) is 11.4. The number of carbonyl (C=O) groups is 1. The third-order valence-electron chi connectivity index (χ3n) is 6.58. The van der Waals surface area contributed by atoms with Crippen molar-refractivity contribution >= 4 is 16.9 Å². The quantitative estimate of drug-likeness (QED) is 0.637. The Kier molecular flexibility index (Phi) is 5.40. The van der Waals surface area contributed by atoms with Crippen molar-refractivity contribution in [1.82, 2.24) is 24.6 Å². The van der Waals surface area contributed by atoms with Gasteiger partial charge in [-0.2, -0.15) is 10.4 Å². The lowest BCUT2D eigenvalue weighted by Crippen LogP contribution is -2.35. The molecule has 164 valence electrons. The van der Waals surface area contributed by atoms with Crippen LogP contribution in [-0.4, -0.2) is 56.7 Å². The zero-order valence-electron chi connectivity index (χ0n) is 18.7. The van der Waals surface area contributed by atoms with Crippen LogP contribution in [0.4, 0.5) is 0 Å². The van der Waals surface area contributed by atoms with Gasteiger partial charge < -0.3 is 4.90 Å². The van der Waals surface area contributed by atoms with Gasteiger partial charge in [0.25, 0.3) is 5.91 Å². The van der Waals surface area contributed by atoms with Crippen LogP contribution in [0, 0.1) is 18.3 Å². The van der Waals surface area contributed by atoms with Gasteiger partial charge in [-0.3, -0.25) is 14.4 Å². The van der Waals surface area contributed by atoms with Gasteiger partial charge in [0.15, 0.2) is 5.65 Å². The number of nitriles is 1. The molecule has 1 saturated heterocycles. The van der Waals surface area contributed by atoms with Crippen LogP contribution in [0.3, 0.4) is 0 Å². The number of nitrogens with zero attached hydrogens (tertiary/aromatic N) is 6. The summed E-state index contributed by atoms with van der Waals surface area (Å²) < 4.78 is 1.80. The molecule has 32 heavy (non-hydrogen) atoms. The van der Waals surface area contributed by atoms with E-state index in [0.717, 1.165) is 73.4 Å². The van der Waals surface area contributed by atoms with Crippen molar-refractivity contribution in [2.75, 3.05) is 26.2 Å². The molecule has 2 fully saturated rings. The van der Waals surface area contributed by atoms with Crippen molar-refractivity contribution in [3.8, 4) is 6.07 Å². The highest BCUT2D eigenvalue weighted by molar-refractivity contribution is 6.06. The van der Waals surface area contributed by atoms with E-state index < -0.39 is 0 Å². The van der Waals surface area contributed by atoms with Gasteiger partial charge in [0.1, 0.15) is 0 Å². The minimum Gasteiger partial charge on any atom is -0.337 e. The smallest absolute Gasteiger partial charge is 0.254 e. The molecule has 2 aliphatic rings. The van der Waals surface area contributed by atoms with Gasteiger partial charge in [-0.25, -0.2) is 4.98 Å². The van der Waals surface area contributed by atoms with Crippen LogP contribution in [0.1, 0.15) is 58.1 Å². The van der Waals surface area contributed by atoms with E-state index >= 15 is 0 Å². The molecule has 1 aromatic carbocycles. The summed E-state index contributed by atoms with van der Waals surface area (Å²) in [6, 6.07) is 12.0. The first-order valence-corrected chi connectivity index (χ1v) is 11.4. The minimum absolute atomic E-state index is 0.0932. The molecule has 2 aromatic heterocycles. The summed E-state index contributed by atoms with van der Waals surface area (Å²) in [4.78, 5) is 22.9. The molecule has 0 N–H and O–H groups in total. The summed E-state index contributed by atoms with van der Waals surface area (Å²) in [5, 5.41) is 14.4. The second-order valence-corrected chi connectivity index (χ2v) is 9.01. The Morgan fingerprint density at radius 2 is 1.94 bits per heavy atom. The predicted molar refractivity (Wildman–Crippen MR) is 122 cm³/mol. The zero-order chi connectivity index (χ0) is 22.2. The molecule has 0 bridgehead atoms. The number of hydrogen-bond donors (Lipinski definition) is 0. The Hall–Kier alpha value is -3.24. The van der Waals surface area contributed by atoms with Crippen molar-refractivity contribution in [1.29, 1.82) is 5.26 Å². The number of aryl methyl sites for hydroxylation is 2. The normalized spacial score (nSPS) is 17.3. The minimum atomic E-state index is 0.0932. The van der Waals surface area contributed by atoms with Crippen molar-refractivity contribution in [2.24, 2.45) is 7.05 Å². The Labute approximate surface area is 188 Å². The lowest BCUT2D eigenvalue weighted by Gasteiger charge is -2.23. The standard InChI is InChI=1S/C25H28N6O/c1-17-23-21(14-22(20-8-9-20)27-24(23)29(2)28-17)25(32)31-11-3-10-30(12-13-31)16-19-6-4-18(15-26)5-7-19/h4-7,14,20H,3,8-13,16H2,1-2H3. The fourth-order valence-electron chi connectivity index (χ4n) is 4.67. The molecular weight excluding hydrogens is 400 g/mol. The summed E-state index contributed by atoms with van der Waals surface area (Å²) in [6.07, 6.45) is 3.24. The molecule has 5 rings (SSSR count). The van der Waals surface area contributed by atoms with Gasteiger partial charge in [0.2, 0.25) is 0 Å². The van der Waals surface area contributed by atoms with Crippen LogP contribution in [0.15, 0.2) is 30.3 Å². The molecule has 1 aliphatic heterocycles. The monoisotopic (exact) mass is 428 g/mol. The van der Waals surface area contributed by atoms with E-state index in [0.29, 0.717) is 18.0 Å². The second-order valence-electron chi connectivity index (χ2n) is 9.01. The lowest BCUT2D eigenvalue weighted by atomic mass is 10.1. The van der Waals surface area contributed by atoms with Crippen molar-refractivity contribution < 1.29 is 4.79 Å². The largest absolute Gasteiger partial charge is 0.337 e. The van der Waals surface area contributed by atoms with E-state index in [4.69, 9.17) is 10.2 Å². The second kappa shape index (κ2) is 8.36. The van der Waals surface area contributed by atoms with Crippen LogP contribution < -0.4 is 0 Å². The average Bonchev–Trinajstić information content (AvgIpc) is 3.63. The number of amides is 1. The first kappa shape index (κ1) is 20.7. The summed E-state index contributed by atoms with van der Waals surface area (Å²) in [7, 11) is 1.90. The molecule has 0 unspecified atom stereocenters. The average molecular weight is 429 g/mol. The number of fused-ring (bicyclic) bond motifs is 1. The van der Waals surface area contributed by atoms with E-state index in [-0.39, 0.29) is 5.91 Å². The van der Waals surface area contributed by atoms with Gasteiger partial charge in [0.05, 0.1) is 28.3 Å². The Balaban J connectivity index is 1.35. The van der Waals surface area contributed by atoms with Crippen LogP contribution >= 0.6 is 0 Å². The number of aromatic nitrogens is 3. The van der Waals surface area contributed by atoms with E-state index in [1.807, 2.05) is 49.2 Å². The van der Waals surface area contributed by atoms with E-state index in [2.05, 4.69) is 16.1 Å². The fraction of sp³-hybridized carbons (Fsp3) is 0.440.